The summed E-state index contributed by atoms with van der Waals surface area (Å²) in [6, 6.07) is 11.6. The van der Waals surface area contributed by atoms with E-state index in [2.05, 4.69) is 5.16 Å². The van der Waals surface area contributed by atoms with Crippen LogP contribution in [-0.4, -0.2) is 5.16 Å². The predicted octanol–water partition coefficient (Wildman–Crippen LogP) is 3.49. The van der Waals surface area contributed by atoms with Crippen molar-refractivity contribution in [2.24, 2.45) is 0 Å². The van der Waals surface area contributed by atoms with Crippen LogP contribution in [0.25, 0.3) is 22.6 Å². The molecule has 0 saturated carbocycles. The number of nitrogens with two attached hydrogens (primary N) is 1. The zero-order valence-corrected chi connectivity index (χ0v) is 9.88. The van der Waals surface area contributed by atoms with E-state index in [4.69, 9.17) is 14.7 Å². The SMILES string of the molecule is Cc1ccccc1-c1c(N)noc1-c1ccco1. The van der Waals surface area contributed by atoms with Gasteiger partial charge in [-0.15, -0.1) is 0 Å². The fourth-order valence-electron chi connectivity index (χ4n) is 1.99. The highest BCUT2D eigenvalue weighted by molar-refractivity contribution is 5.86. The molecule has 1 aromatic carbocycles. The Bertz CT molecular complexity index is 669. The number of furan rings is 1. The minimum absolute atomic E-state index is 0.371. The van der Waals surface area contributed by atoms with Gasteiger partial charge in [0, 0.05) is 0 Å². The number of aryl methyl sites for hydroxylation is 1. The normalized spacial score (nSPS) is 10.7. The van der Waals surface area contributed by atoms with Crippen LogP contribution in [0.3, 0.4) is 0 Å². The number of nitrogens with zero attached hydrogens (tertiary/aromatic N) is 1. The predicted molar refractivity (Wildman–Crippen MR) is 68.8 cm³/mol. The van der Waals surface area contributed by atoms with Gasteiger partial charge in [0.2, 0.25) is 5.76 Å². The Balaban J connectivity index is 2.24. The van der Waals surface area contributed by atoms with Crippen LogP contribution in [0.4, 0.5) is 5.82 Å². The van der Waals surface area contributed by atoms with Gasteiger partial charge >= 0.3 is 0 Å². The zero-order chi connectivity index (χ0) is 12.5. The Hall–Kier alpha value is -2.49. The number of hydrogen-bond acceptors (Lipinski definition) is 4. The third-order valence-electron chi connectivity index (χ3n) is 2.88. The van der Waals surface area contributed by atoms with E-state index in [0.29, 0.717) is 17.3 Å². The van der Waals surface area contributed by atoms with Gasteiger partial charge < -0.3 is 14.7 Å². The van der Waals surface area contributed by atoms with Gasteiger partial charge in [0.05, 0.1) is 11.8 Å². The van der Waals surface area contributed by atoms with E-state index in [1.54, 1.807) is 12.3 Å². The van der Waals surface area contributed by atoms with Crippen LogP contribution in [0.1, 0.15) is 5.56 Å². The summed E-state index contributed by atoms with van der Waals surface area (Å²) in [5.41, 5.74) is 8.80. The molecule has 0 bridgehead atoms. The van der Waals surface area contributed by atoms with Gasteiger partial charge in [-0.1, -0.05) is 29.4 Å². The molecule has 2 aromatic heterocycles. The minimum Gasteiger partial charge on any atom is -0.461 e. The first-order chi connectivity index (χ1) is 8.77. The molecule has 3 rings (SSSR count). The molecule has 0 unspecified atom stereocenters. The lowest BCUT2D eigenvalue weighted by atomic mass is 10.00. The monoisotopic (exact) mass is 240 g/mol. The molecule has 0 saturated heterocycles. The molecule has 0 aliphatic rings. The summed E-state index contributed by atoms with van der Waals surface area (Å²) in [4.78, 5) is 0. The lowest BCUT2D eigenvalue weighted by molar-refractivity contribution is 0.421. The highest BCUT2D eigenvalue weighted by Crippen LogP contribution is 2.37. The number of benzene rings is 1. The molecule has 18 heavy (non-hydrogen) atoms. The maximum absolute atomic E-state index is 5.90. The summed E-state index contributed by atoms with van der Waals surface area (Å²) in [6.07, 6.45) is 1.59. The van der Waals surface area contributed by atoms with E-state index in [9.17, 15) is 0 Å². The molecule has 4 heteroatoms. The van der Waals surface area contributed by atoms with E-state index < -0.39 is 0 Å². The average Bonchev–Trinajstić information content (AvgIpc) is 2.99. The van der Waals surface area contributed by atoms with Crippen molar-refractivity contribution in [1.82, 2.24) is 5.16 Å². The van der Waals surface area contributed by atoms with Crippen LogP contribution < -0.4 is 5.73 Å². The first-order valence-electron chi connectivity index (χ1n) is 5.62. The molecule has 4 nitrogen and oxygen atoms in total. The second kappa shape index (κ2) is 4.07. The molecular weight excluding hydrogens is 228 g/mol. The lowest BCUT2D eigenvalue weighted by Crippen LogP contribution is -1.90. The molecule has 0 radical (unpaired) electrons. The average molecular weight is 240 g/mol. The second-order valence-corrected chi connectivity index (χ2v) is 4.06. The van der Waals surface area contributed by atoms with Gasteiger partial charge in [-0.3, -0.25) is 0 Å². The van der Waals surface area contributed by atoms with Crippen LogP contribution in [0.5, 0.6) is 0 Å². The quantitative estimate of drug-likeness (QED) is 0.744. The maximum atomic E-state index is 5.90. The number of hydrogen-bond donors (Lipinski definition) is 1. The molecular formula is C14H12N2O2. The van der Waals surface area contributed by atoms with Crippen molar-refractivity contribution in [2.75, 3.05) is 5.73 Å². The molecule has 0 aliphatic heterocycles. The Morgan fingerprint density at radius 2 is 1.94 bits per heavy atom. The van der Waals surface area contributed by atoms with Gasteiger partial charge in [-0.2, -0.15) is 0 Å². The molecule has 0 atom stereocenters. The molecule has 2 N–H and O–H groups in total. The number of anilines is 1. The summed E-state index contributed by atoms with van der Waals surface area (Å²) in [5.74, 6) is 1.56. The van der Waals surface area contributed by atoms with Gasteiger partial charge in [0.25, 0.3) is 0 Å². The van der Waals surface area contributed by atoms with Crippen LogP contribution in [-0.2, 0) is 0 Å². The highest BCUT2D eigenvalue weighted by atomic mass is 16.5. The maximum Gasteiger partial charge on any atom is 0.212 e. The standard InChI is InChI=1S/C14H12N2O2/c1-9-5-2-3-6-10(9)12-13(18-16-14(12)15)11-7-4-8-17-11/h2-8H,1H3,(H2,15,16). The summed E-state index contributed by atoms with van der Waals surface area (Å²) in [6.45, 7) is 2.02. The fraction of sp³-hybridized carbons (Fsp3) is 0.0714. The molecule has 3 aromatic rings. The van der Waals surface area contributed by atoms with Crippen LogP contribution in [0, 0.1) is 6.92 Å². The van der Waals surface area contributed by atoms with Crippen molar-refractivity contribution in [2.45, 2.75) is 6.92 Å². The van der Waals surface area contributed by atoms with Crippen LogP contribution >= 0.6 is 0 Å². The fourth-order valence-corrected chi connectivity index (χ4v) is 1.99. The van der Waals surface area contributed by atoms with Crippen molar-refractivity contribution >= 4 is 5.82 Å². The van der Waals surface area contributed by atoms with Crippen LogP contribution in [0.15, 0.2) is 51.6 Å². The van der Waals surface area contributed by atoms with Gasteiger partial charge in [0.15, 0.2) is 11.6 Å². The molecule has 0 fully saturated rings. The second-order valence-electron chi connectivity index (χ2n) is 4.06. The first-order valence-corrected chi connectivity index (χ1v) is 5.62. The van der Waals surface area contributed by atoms with Crippen molar-refractivity contribution in [1.29, 1.82) is 0 Å². The van der Waals surface area contributed by atoms with E-state index in [-0.39, 0.29) is 0 Å². The number of nitrogen functional groups attached to an aromatic ring is 1. The Kier molecular flexibility index (Phi) is 2.41. The molecule has 90 valence electrons. The van der Waals surface area contributed by atoms with Crippen LogP contribution in [0.2, 0.25) is 0 Å². The van der Waals surface area contributed by atoms with E-state index in [1.807, 2.05) is 37.3 Å². The summed E-state index contributed by atoms with van der Waals surface area (Å²) < 4.78 is 10.6. The zero-order valence-electron chi connectivity index (χ0n) is 9.88. The molecule has 0 spiro atoms. The Labute approximate surface area is 104 Å². The third kappa shape index (κ3) is 1.59. The summed E-state index contributed by atoms with van der Waals surface area (Å²) in [7, 11) is 0. The van der Waals surface area contributed by atoms with Crippen molar-refractivity contribution in [3.8, 4) is 22.6 Å². The Morgan fingerprint density at radius 3 is 2.67 bits per heavy atom. The van der Waals surface area contributed by atoms with Gasteiger partial charge in [-0.25, -0.2) is 0 Å². The van der Waals surface area contributed by atoms with Gasteiger partial charge in [-0.05, 0) is 30.2 Å². The number of aromatic nitrogens is 1. The first kappa shape index (κ1) is 10.7. The Morgan fingerprint density at radius 1 is 1.11 bits per heavy atom. The van der Waals surface area contributed by atoms with E-state index in [1.165, 1.54) is 0 Å². The topological polar surface area (TPSA) is 65.2 Å². The van der Waals surface area contributed by atoms with E-state index >= 15 is 0 Å². The van der Waals surface area contributed by atoms with Crippen molar-refractivity contribution in [3.05, 3.63) is 48.2 Å². The van der Waals surface area contributed by atoms with Crippen molar-refractivity contribution < 1.29 is 8.94 Å². The lowest BCUT2D eigenvalue weighted by Gasteiger charge is -2.04. The van der Waals surface area contributed by atoms with E-state index in [0.717, 1.165) is 16.7 Å². The van der Waals surface area contributed by atoms with Gasteiger partial charge in [0.1, 0.15) is 0 Å². The highest BCUT2D eigenvalue weighted by Gasteiger charge is 2.20. The molecule has 0 amide bonds. The molecule has 2 heterocycles. The smallest absolute Gasteiger partial charge is 0.212 e. The largest absolute Gasteiger partial charge is 0.461 e. The summed E-state index contributed by atoms with van der Waals surface area (Å²) >= 11 is 0. The molecule has 0 aliphatic carbocycles. The summed E-state index contributed by atoms with van der Waals surface area (Å²) in [5, 5.41) is 3.83. The minimum atomic E-state index is 0.371. The number of rotatable bonds is 2. The third-order valence-corrected chi connectivity index (χ3v) is 2.88. The van der Waals surface area contributed by atoms with Crippen molar-refractivity contribution in [3.63, 3.8) is 0 Å².